The maximum Gasteiger partial charge on any atom is 0.252 e. The lowest BCUT2D eigenvalue weighted by Gasteiger charge is -2.57. The average Bonchev–Trinajstić information content (AvgIpc) is 2.80. The summed E-state index contributed by atoms with van der Waals surface area (Å²) in [7, 11) is 0. The molecule has 5 saturated heterocycles. The molecule has 4 nitrogen and oxygen atoms in total. The summed E-state index contributed by atoms with van der Waals surface area (Å²) in [6, 6.07) is 2.34. The zero-order valence-electron chi connectivity index (χ0n) is 10.1. The lowest BCUT2D eigenvalue weighted by atomic mass is 9.74. The third-order valence-electron chi connectivity index (χ3n) is 4.94. The van der Waals surface area contributed by atoms with Gasteiger partial charge in [0.25, 0.3) is 5.91 Å². The number of piperidine rings is 4. The van der Waals surface area contributed by atoms with Crippen LogP contribution >= 0.6 is 0 Å². The number of carbonyl (C=O) groups is 1. The topological polar surface area (TPSA) is 41.6 Å². The van der Waals surface area contributed by atoms with Crippen LogP contribution in [0.1, 0.15) is 38.5 Å². The van der Waals surface area contributed by atoms with Gasteiger partial charge in [0, 0.05) is 30.8 Å². The quantitative estimate of drug-likeness (QED) is 0.727. The van der Waals surface area contributed by atoms with Crippen LogP contribution in [0.5, 0.6) is 0 Å². The molecule has 1 N–H and O–H groups in total. The highest BCUT2D eigenvalue weighted by Gasteiger charge is 2.49. The van der Waals surface area contributed by atoms with E-state index in [1.165, 1.54) is 0 Å². The van der Waals surface area contributed by atoms with Gasteiger partial charge in [0.2, 0.25) is 0 Å². The van der Waals surface area contributed by atoms with E-state index in [9.17, 15) is 4.79 Å². The lowest BCUT2D eigenvalue weighted by molar-refractivity contribution is -0.155. The van der Waals surface area contributed by atoms with Gasteiger partial charge in [-0.15, -0.1) is 0 Å². The van der Waals surface area contributed by atoms with E-state index in [0.717, 1.165) is 45.1 Å². The average molecular weight is 236 g/mol. The first-order valence-corrected chi connectivity index (χ1v) is 7.01. The minimum absolute atomic E-state index is 0.125. The van der Waals surface area contributed by atoms with Crippen LogP contribution in [0.15, 0.2) is 0 Å². The fourth-order valence-electron chi connectivity index (χ4n) is 4.36. The Hall–Kier alpha value is -0.610. The Labute approximate surface area is 102 Å². The zero-order valence-corrected chi connectivity index (χ0v) is 10.1. The van der Waals surface area contributed by atoms with E-state index < -0.39 is 0 Å². The Morgan fingerprint density at radius 2 is 1.76 bits per heavy atom. The molecule has 1 amide bonds. The summed E-state index contributed by atoms with van der Waals surface area (Å²) in [4.78, 5) is 14.7. The molecular formula is C13H20N2O2. The summed E-state index contributed by atoms with van der Waals surface area (Å²) in [5.41, 5.74) is 0. The highest BCUT2D eigenvalue weighted by atomic mass is 16.5. The summed E-state index contributed by atoms with van der Waals surface area (Å²) in [6.45, 7) is 0.770. The largest absolute Gasteiger partial charge is 0.368 e. The molecule has 4 bridgehead atoms. The Kier molecular flexibility index (Phi) is 2.24. The number of hydrogen-bond donors (Lipinski definition) is 1. The molecular weight excluding hydrogens is 216 g/mol. The van der Waals surface area contributed by atoms with Crippen molar-refractivity contribution in [3.8, 4) is 0 Å². The van der Waals surface area contributed by atoms with Crippen LogP contribution in [0.3, 0.4) is 0 Å². The second-order valence-electron chi connectivity index (χ2n) is 6.06. The van der Waals surface area contributed by atoms with E-state index in [0.29, 0.717) is 24.2 Å². The van der Waals surface area contributed by atoms with Crippen LogP contribution in [0.2, 0.25) is 0 Å². The molecule has 0 radical (unpaired) electrons. The summed E-state index contributed by atoms with van der Waals surface area (Å²) < 4.78 is 5.56. The molecule has 0 aromatic carbocycles. The third-order valence-corrected chi connectivity index (χ3v) is 4.94. The smallest absolute Gasteiger partial charge is 0.252 e. The fraction of sp³-hybridized carbons (Fsp3) is 0.923. The van der Waals surface area contributed by atoms with Crippen molar-refractivity contribution in [1.82, 2.24) is 10.2 Å². The van der Waals surface area contributed by atoms with E-state index in [4.69, 9.17) is 4.74 Å². The van der Waals surface area contributed by atoms with Crippen molar-refractivity contribution >= 4 is 5.91 Å². The molecule has 0 spiro atoms. The maximum absolute atomic E-state index is 12.5. The third kappa shape index (κ3) is 1.54. The molecule has 0 saturated carbocycles. The minimum Gasteiger partial charge on any atom is -0.368 e. The Bertz CT molecular complexity index is 310. The van der Waals surface area contributed by atoms with Gasteiger partial charge in [0.1, 0.15) is 6.10 Å². The molecule has 0 aromatic rings. The first-order valence-electron chi connectivity index (χ1n) is 7.01. The molecule has 17 heavy (non-hydrogen) atoms. The van der Waals surface area contributed by atoms with Crippen molar-refractivity contribution in [3.63, 3.8) is 0 Å². The first kappa shape index (κ1) is 10.3. The predicted molar refractivity (Wildman–Crippen MR) is 62.6 cm³/mol. The Balaban J connectivity index is 1.55. The molecule has 4 heteroatoms. The molecule has 5 aliphatic rings. The molecule has 5 aliphatic heterocycles. The monoisotopic (exact) mass is 236 g/mol. The maximum atomic E-state index is 12.5. The van der Waals surface area contributed by atoms with Gasteiger partial charge in [0.15, 0.2) is 0 Å². The highest BCUT2D eigenvalue weighted by molar-refractivity contribution is 5.82. The van der Waals surface area contributed by atoms with Gasteiger partial charge in [-0.25, -0.2) is 0 Å². The molecule has 5 fully saturated rings. The van der Waals surface area contributed by atoms with Gasteiger partial charge in [-0.1, -0.05) is 0 Å². The normalized spacial score (nSPS) is 47.8. The van der Waals surface area contributed by atoms with Crippen LogP contribution < -0.4 is 5.32 Å². The van der Waals surface area contributed by atoms with E-state index in [1.807, 2.05) is 0 Å². The summed E-state index contributed by atoms with van der Waals surface area (Å²) in [6.07, 6.45) is 6.49. The zero-order chi connectivity index (χ0) is 11.4. The van der Waals surface area contributed by atoms with E-state index in [-0.39, 0.29) is 12.0 Å². The van der Waals surface area contributed by atoms with Crippen molar-refractivity contribution in [3.05, 3.63) is 0 Å². The lowest BCUT2D eigenvalue weighted by Crippen LogP contribution is -2.69. The van der Waals surface area contributed by atoms with Crippen molar-refractivity contribution < 1.29 is 9.53 Å². The highest BCUT2D eigenvalue weighted by Crippen LogP contribution is 2.40. The molecule has 1 unspecified atom stereocenters. The predicted octanol–water partition coefficient (Wildman–Crippen LogP) is 0.659. The molecule has 1 atom stereocenters. The Morgan fingerprint density at radius 3 is 2.29 bits per heavy atom. The summed E-state index contributed by atoms with van der Waals surface area (Å²) in [5.74, 6) is 0.288. The fourth-order valence-corrected chi connectivity index (χ4v) is 4.36. The SMILES string of the molecule is O=C(C1CCCO1)N1C2CC3CC1CC(C2)N3. The van der Waals surface area contributed by atoms with Crippen LogP contribution in [-0.4, -0.2) is 47.7 Å². The van der Waals surface area contributed by atoms with Gasteiger partial charge in [0.05, 0.1) is 0 Å². The van der Waals surface area contributed by atoms with E-state index in [2.05, 4.69) is 10.2 Å². The summed E-state index contributed by atoms with van der Waals surface area (Å²) in [5, 5.41) is 3.67. The van der Waals surface area contributed by atoms with Crippen LogP contribution in [0, 0.1) is 0 Å². The second kappa shape index (κ2) is 3.69. The number of nitrogens with zero attached hydrogens (tertiary/aromatic N) is 1. The van der Waals surface area contributed by atoms with Gasteiger partial charge < -0.3 is 15.0 Å². The first-order chi connectivity index (χ1) is 8.31. The minimum atomic E-state index is -0.125. The Morgan fingerprint density at radius 1 is 1.12 bits per heavy atom. The molecule has 94 valence electrons. The number of ether oxygens (including phenoxy) is 1. The van der Waals surface area contributed by atoms with Gasteiger partial charge in [-0.05, 0) is 38.5 Å². The van der Waals surface area contributed by atoms with Gasteiger partial charge in [-0.2, -0.15) is 0 Å². The van der Waals surface area contributed by atoms with Crippen molar-refractivity contribution in [1.29, 1.82) is 0 Å². The van der Waals surface area contributed by atoms with Gasteiger partial charge in [-0.3, -0.25) is 4.79 Å². The van der Waals surface area contributed by atoms with E-state index in [1.54, 1.807) is 0 Å². The van der Waals surface area contributed by atoms with Crippen molar-refractivity contribution in [2.75, 3.05) is 6.61 Å². The number of hydrogen-bond acceptors (Lipinski definition) is 3. The molecule has 5 rings (SSSR count). The summed E-state index contributed by atoms with van der Waals surface area (Å²) >= 11 is 0. The van der Waals surface area contributed by atoms with Crippen LogP contribution in [0.25, 0.3) is 0 Å². The molecule has 0 aromatic heterocycles. The van der Waals surface area contributed by atoms with Crippen molar-refractivity contribution in [2.45, 2.75) is 68.8 Å². The molecule has 0 aliphatic carbocycles. The number of amides is 1. The number of rotatable bonds is 1. The van der Waals surface area contributed by atoms with Crippen molar-refractivity contribution in [2.24, 2.45) is 0 Å². The second-order valence-corrected chi connectivity index (χ2v) is 6.06. The van der Waals surface area contributed by atoms with Gasteiger partial charge >= 0.3 is 0 Å². The standard InChI is InChI=1S/C13H20N2O2/c16-13(12-2-1-3-17-12)15-10-4-8-5-11(15)7-9(6-10)14-8/h8-12,14H,1-7H2. The van der Waals surface area contributed by atoms with E-state index >= 15 is 0 Å². The number of carbonyl (C=O) groups excluding carboxylic acids is 1. The van der Waals surface area contributed by atoms with Crippen LogP contribution in [0.4, 0.5) is 0 Å². The number of nitrogens with one attached hydrogen (secondary N) is 1. The molecule has 5 heterocycles. The van der Waals surface area contributed by atoms with Crippen LogP contribution in [-0.2, 0) is 9.53 Å².